The molecule has 128 valence electrons. The highest BCUT2D eigenvalue weighted by Crippen LogP contribution is 2.30. The van der Waals surface area contributed by atoms with Gasteiger partial charge in [-0.15, -0.1) is 0 Å². The Kier molecular flexibility index (Phi) is 5.50. The smallest absolute Gasteiger partial charge is 0.223 e. The lowest BCUT2D eigenvalue weighted by molar-refractivity contribution is 0.480. The number of ether oxygens (including phenoxy) is 1. The van der Waals surface area contributed by atoms with Gasteiger partial charge in [-0.2, -0.15) is 0 Å². The van der Waals surface area contributed by atoms with E-state index in [0.717, 1.165) is 22.6 Å². The van der Waals surface area contributed by atoms with Crippen molar-refractivity contribution in [1.82, 2.24) is 0 Å². The molecule has 0 spiro atoms. The van der Waals surface area contributed by atoms with E-state index in [9.17, 15) is 0 Å². The normalized spacial score (nSPS) is 11.4. The zero-order valence-corrected chi connectivity index (χ0v) is 15.3. The lowest BCUT2D eigenvalue weighted by Gasteiger charge is -2.20. The van der Waals surface area contributed by atoms with E-state index in [1.54, 1.807) is 0 Å². The first-order valence-electron chi connectivity index (χ1n) is 8.34. The summed E-state index contributed by atoms with van der Waals surface area (Å²) in [5.41, 5.74) is 1.95. The summed E-state index contributed by atoms with van der Waals surface area (Å²) in [5, 5.41) is 0. The second-order valence-electron chi connectivity index (χ2n) is 7.55. The van der Waals surface area contributed by atoms with Crippen LogP contribution in [0.1, 0.15) is 38.8 Å². The molecule has 3 nitrogen and oxygen atoms in total. The van der Waals surface area contributed by atoms with Crippen LogP contribution >= 0.6 is 0 Å². The molecule has 3 heteroatoms. The van der Waals surface area contributed by atoms with E-state index in [-0.39, 0.29) is 10.8 Å². The summed E-state index contributed by atoms with van der Waals surface area (Å²) in [6, 6.07) is 15.9. The summed E-state index contributed by atoms with van der Waals surface area (Å²) < 4.78 is 5.91. The van der Waals surface area contributed by atoms with E-state index in [2.05, 4.69) is 37.4 Å². The Morgan fingerprint density at radius 2 is 1.00 bits per heavy atom. The van der Waals surface area contributed by atoms with Gasteiger partial charge in [0.2, 0.25) is 13.1 Å². The Balaban J connectivity index is 2.11. The van der Waals surface area contributed by atoms with Crippen LogP contribution in [0.5, 0.6) is 11.5 Å². The van der Waals surface area contributed by atoms with E-state index in [1.807, 2.05) is 48.5 Å². The standard InChI is InChI=1S/C22H24N2O/c1-21(2,15-23-5)17-7-11-19(12-8-17)25-20-13-9-18(10-14-20)22(3,4)16-24-6/h7-14H,15-16H2,1-4H3. The van der Waals surface area contributed by atoms with Gasteiger partial charge in [-0.3, -0.25) is 0 Å². The first-order chi connectivity index (χ1) is 11.8. The van der Waals surface area contributed by atoms with Gasteiger partial charge in [-0.1, -0.05) is 24.3 Å². The van der Waals surface area contributed by atoms with Gasteiger partial charge in [0.05, 0.1) is 10.8 Å². The highest BCUT2D eigenvalue weighted by atomic mass is 16.5. The average molecular weight is 332 g/mol. The Bertz CT molecular complexity index is 718. The molecule has 0 aliphatic heterocycles. The van der Waals surface area contributed by atoms with E-state index in [0.29, 0.717) is 13.1 Å². The molecule has 0 aliphatic rings. The zero-order valence-electron chi connectivity index (χ0n) is 15.3. The molecule has 0 atom stereocenters. The number of hydrogen-bond acceptors (Lipinski definition) is 1. The maximum absolute atomic E-state index is 7.07. The van der Waals surface area contributed by atoms with Gasteiger partial charge in [0.25, 0.3) is 0 Å². The Hall–Kier alpha value is -2.78. The quantitative estimate of drug-likeness (QED) is 0.605. The van der Waals surface area contributed by atoms with Crippen molar-refractivity contribution in [3.63, 3.8) is 0 Å². The van der Waals surface area contributed by atoms with Crippen LogP contribution in [0.3, 0.4) is 0 Å². The summed E-state index contributed by atoms with van der Waals surface area (Å²) in [5.74, 6) is 1.55. The van der Waals surface area contributed by atoms with Crippen LogP contribution in [0, 0.1) is 13.1 Å². The van der Waals surface area contributed by atoms with Crippen LogP contribution in [0.25, 0.3) is 9.69 Å². The lowest BCUT2D eigenvalue weighted by Crippen LogP contribution is -2.20. The lowest BCUT2D eigenvalue weighted by atomic mass is 9.85. The number of nitrogens with zero attached hydrogens (tertiary/aromatic N) is 2. The van der Waals surface area contributed by atoms with Gasteiger partial charge in [-0.05, 0) is 63.1 Å². The van der Waals surface area contributed by atoms with E-state index in [4.69, 9.17) is 17.9 Å². The van der Waals surface area contributed by atoms with E-state index in [1.165, 1.54) is 0 Å². The number of rotatable bonds is 6. The first-order valence-corrected chi connectivity index (χ1v) is 8.34. The highest BCUT2D eigenvalue weighted by molar-refractivity contribution is 5.38. The minimum Gasteiger partial charge on any atom is -0.457 e. The van der Waals surface area contributed by atoms with Crippen LogP contribution in [0.2, 0.25) is 0 Å². The minimum absolute atomic E-state index is 0.156. The Labute approximate surface area is 150 Å². The van der Waals surface area contributed by atoms with Crippen molar-refractivity contribution in [2.45, 2.75) is 38.5 Å². The fourth-order valence-corrected chi connectivity index (χ4v) is 2.66. The largest absolute Gasteiger partial charge is 0.457 e. The number of benzene rings is 2. The Morgan fingerprint density at radius 3 is 1.28 bits per heavy atom. The second kappa shape index (κ2) is 7.41. The molecule has 2 aromatic rings. The third-order valence-electron chi connectivity index (χ3n) is 4.46. The topological polar surface area (TPSA) is 17.9 Å². The van der Waals surface area contributed by atoms with E-state index >= 15 is 0 Å². The molecule has 0 amide bonds. The predicted molar refractivity (Wildman–Crippen MR) is 102 cm³/mol. The van der Waals surface area contributed by atoms with Crippen molar-refractivity contribution in [2.75, 3.05) is 13.1 Å². The summed E-state index contributed by atoms with van der Waals surface area (Å²) in [6.07, 6.45) is 0. The van der Waals surface area contributed by atoms with Gasteiger partial charge in [0, 0.05) is 0 Å². The maximum atomic E-state index is 7.07. The van der Waals surface area contributed by atoms with Crippen LogP contribution in [-0.2, 0) is 10.8 Å². The molecule has 0 aromatic heterocycles. The third kappa shape index (κ3) is 4.61. The third-order valence-corrected chi connectivity index (χ3v) is 4.46. The summed E-state index contributed by atoms with van der Waals surface area (Å²) in [7, 11) is 0. The van der Waals surface area contributed by atoms with Crippen LogP contribution in [0.15, 0.2) is 48.5 Å². The van der Waals surface area contributed by atoms with E-state index < -0.39 is 0 Å². The monoisotopic (exact) mass is 332 g/mol. The second-order valence-corrected chi connectivity index (χ2v) is 7.55. The summed E-state index contributed by atoms with van der Waals surface area (Å²) >= 11 is 0. The first kappa shape index (κ1) is 18.6. The molecule has 0 bridgehead atoms. The molecule has 2 aromatic carbocycles. The molecule has 2 rings (SSSR count). The molecule has 0 fully saturated rings. The average Bonchev–Trinajstić information content (AvgIpc) is 2.56. The highest BCUT2D eigenvalue weighted by Gasteiger charge is 2.25. The van der Waals surface area contributed by atoms with Crippen molar-refractivity contribution in [3.8, 4) is 11.5 Å². The molecule has 0 saturated carbocycles. The molecular formula is C22H24N2O. The van der Waals surface area contributed by atoms with Crippen molar-refractivity contribution in [2.24, 2.45) is 0 Å². The van der Waals surface area contributed by atoms with Gasteiger partial charge in [-0.25, -0.2) is 13.1 Å². The van der Waals surface area contributed by atoms with Crippen molar-refractivity contribution in [1.29, 1.82) is 0 Å². The fraction of sp³-hybridized carbons (Fsp3) is 0.364. The zero-order chi connectivity index (χ0) is 18.5. The molecule has 0 heterocycles. The molecule has 0 aliphatic carbocycles. The summed E-state index contributed by atoms with van der Waals surface area (Å²) in [6.45, 7) is 23.4. The van der Waals surface area contributed by atoms with Crippen molar-refractivity contribution >= 4 is 0 Å². The van der Waals surface area contributed by atoms with Gasteiger partial charge in [0.1, 0.15) is 11.5 Å². The molecule has 25 heavy (non-hydrogen) atoms. The fourth-order valence-electron chi connectivity index (χ4n) is 2.66. The van der Waals surface area contributed by atoms with Gasteiger partial charge < -0.3 is 14.4 Å². The number of hydrogen-bond donors (Lipinski definition) is 0. The van der Waals surface area contributed by atoms with Crippen LogP contribution in [-0.4, -0.2) is 13.1 Å². The molecule has 0 N–H and O–H groups in total. The minimum atomic E-state index is -0.156. The van der Waals surface area contributed by atoms with Gasteiger partial charge >= 0.3 is 0 Å². The SMILES string of the molecule is [C-]#[N+]CC(C)(C)c1ccc(Oc2ccc(C(C)(C)C[N+]#[C-])cc2)cc1. The molecule has 0 saturated heterocycles. The summed E-state index contributed by atoms with van der Waals surface area (Å²) in [4.78, 5) is 7.03. The Morgan fingerprint density at radius 1 is 0.680 bits per heavy atom. The van der Waals surface area contributed by atoms with Crippen molar-refractivity contribution < 1.29 is 4.74 Å². The predicted octanol–water partition coefficient (Wildman–Crippen LogP) is 5.87. The van der Waals surface area contributed by atoms with Crippen molar-refractivity contribution in [3.05, 3.63) is 82.5 Å². The molecular weight excluding hydrogens is 308 g/mol. The molecule has 0 radical (unpaired) electrons. The van der Waals surface area contributed by atoms with Crippen LogP contribution < -0.4 is 4.74 Å². The molecule has 0 unspecified atom stereocenters. The van der Waals surface area contributed by atoms with Gasteiger partial charge in [0.15, 0.2) is 0 Å². The maximum Gasteiger partial charge on any atom is 0.223 e. The van der Waals surface area contributed by atoms with Crippen LogP contribution in [0.4, 0.5) is 0 Å².